The van der Waals surface area contributed by atoms with Gasteiger partial charge in [0.1, 0.15) is 5.78 Å². The molecule has 21 heavy (non-hydrogen) atoms. The predicted molar refractivity (Wildman–Crippen MR) is 83.7 cm³/mol. The summed E-state index contributed by atoms with van der Waals surface area (Å²) >= 11 is 0. The highest BCUT2D eigenvalue weighted by atomic mass is 16.1. The van der Waals surface area contributed by atoms with Crippen LogP contribution in [0.1, 0.15) is 53.4 Å². The van der Waals surface area contributed by atoms with Crippen LogP contribution in [-0.4, -0.2) is 11.6 Å². The van der Waals surface area contributed by atoms with E-state index in [1.807, 2.05) is 6.08 Å². The van der Waals surface area contributed by atoms with Gasteiger partial charge < -0.3 is 0 Å². The first-order chi connectivity index (χ1) is 9.79. The van der Waals surface area contributed by atoms with Gasteiger partial charge in [0, 0.05) is 11.8 Å². The number of hydrogen-bond donors (Lipinski definition) is 0. The lowest BCUT2D eigenvalue weighted by Gasteiger charge is -2.55. The fourth-order valence-electron chi connectivity index (χ4n) is 4.98. The minimum absolute atomic E-state index is 0.125. The largest absolute Gasteiger partial charge is 0.299 e. The summed E-state index contributed by atoms with van der Waals surface area (Å²) in [7, 11) is 0. The van der Waals surface area contributed by atoms with E-state index >= 15 is 0 Å². The Bertz CT molecular complexity index is 556. The number of allylic oxidation sites excluding steroid dienone is 4. The van der Waals surface area contributed by atoms with E-state index in [-0.39, 0.29) is 16.6 Å². The second kappa shape index (κ2) is 4.66. The molecule has 0 aromatic rings. The SMILES string of the molecule is CC(=O)[C@@]1(C)CCC2C(C=CC3=CC(=O)CC[C@@]32C)C1C. The molecule has 0 aliphatic heterocycles. The Balaban J connectivity index is 2.01. The fourth-order valence-corrected chi connectivity index (χ4v) is 4.98. The molecule has 1 fully saturated rings. The maximum atomic E-state index is 12.1. The van der Waals surface area contributed by atoms with Crippen LogP contribution in [0.3, 0.4) is 0 Å². The molecule has 5 atom stereocenters. The van der Waals surface area contributed by atoms with Gasteiger partial charge in [-0.2, -0.15) is 0 Å². The van der Waals surface area contributed by atoms with Crippen LogP contribution in [0.4, 0.5) is 0 Å². The molecule has 3 aliphatic carbocycles. The Kier molecular flexibility index (Phi) is 3.27. The van der Waals surface area contributed by atoms with Crippen molar-refractivity contribution in [3.05, 3.63) is 23.8 Å². The van der Waals surface area contributed by atoms with E-state index in [1.165, 1.54) is 5.57 Å². The summed E-state index contributed by atoms with van der Waals surface area (Å²) in [6, 6.07) is 0. The Morgan fingerprint density at radius 3 is 2.67 bits per heavy atom. The van der Waals surface area contributed by atoms with Crippen molar-refractivity contribution in [2.75, 3.05) is 0 Å². The molecule has 0 spiro atoms. The molecule has 114 valence electrons. The van der Waals surface area contributed by atoms with Gasteiger partial charge in [-0.25, -0.2) is 0 Å². The molecule has 0 heterocycles. The number of carbonyl (C=O) groups excluding carboxylic acids is 2. The lowest BCUT2D eigenvalue weighted by molar-refractivity contribution is -0.134. The number of carbonyl (C=O) groups is 2. The quantitative estimate of drug-likeness (QED) is 0.727. The van der Waals surface area contributed by atoms with Crippen LogP contribution in [0.15, 0.2) is 23.8 Å². The lowest BCUT2D eigenvalue weighted by Crippen LogP contribution is -2.50. The molecular formula is C19H26O2. The van der Waals surface area contributed by atoms with E-state index in [9.17, 15) is 9.59 Å². The Morgan fingerprint density at radius 2 is 2.00 bits per heavy atom. The van der Waals surface area contributed by atoms with E-state index in [0.717, 1.165) is 19.3 Å². The summed E-state index contributed by atoms with van der Waals surface area (Å²) in [5.74, 6) is 2.00. The number of ketones is 2. The van der Waals surface area contributed by atoms with Crippen LogP contribution in [0.2, 0.25) is 0 Å². The third-order valence-electron chi connectivity index (χ3n) is 7.01. The Hall–Kier alpha value is -1.18. The molecule has 0 aromatic carbocycles. The van der Waals surface area contributed by atoms with Crippen molar-refractivity contribution in [1.29, 1.82) is 0 Å². The zero-order valence-corrected chi connectivity index (χ0v) is 13.6. The van der Waals surface area contributed by atoms with Gasteiger partial charge >= 0.3 is 0 Å². The average molecular weight is 286 g/mol. The molecule has 0 saturated heterocycles. The predicted octanol–water partition coefficient (Wildman–Crippen LogP) is 4.11. The van der Waals surface area contributed by atoms with Gasteiger partial charge in [-0.05, 0) is 61.0 Å². The molecule has 1 saturated carbocycles. The molecule has 0 bridgehead atoms. The summed E-state index contributed by atoms with van der Waals surface area (Å²) in [5.41, 5.74) is 1.16. The topological polar surface area (TPSA) is 34.1 Å². The molecule has 0 aromatic heterocycles. The van der Waals surface area contributed by atoms with Gasteiger partial charge in [0.2, 0.25) is 0 Å². The maximum Gasteiger partial charge on any atom is 0.156 e. The Morgan fingerprint density at radius 1 is 1.29 bits per heavy atom. The van der Waals surface area contributed by atoms with Crippen molar-refractivity contribution in [1.82, 2.24) is 0 Å². The van der Waals surface area contributed by atoms with E-state index < -0.39 is 0 Å². The van der Waals surface area contributed by atoms with Crippen LogP contribution in [-0.2, 0) is 9.59 Å². The van der Waals surface area contributed by atoms with Gasteiger partial charge in [-0.15, -0.1) is 0 Å². The van der Waals surface area contributed by atoms with E-state index in [2.05, 4.69) is 32.9 Å². The second-order valence-electron chi connectivity index (χ2n) is 7.83. The highest BCUT2D eigenvalue weighted by Crippen LogP contribution is 2.59. The summed E-state index contributed by atoms with van der Waals surface area (Å²) < 4.78 is 0. The Labute approximate surface area is 127 Å². The van der Waals surface area contributed by atoms with Gasteiger partial charge in [0.15, 0.2) is 5.78 Å². The minimum atomic E-state index is -0.187. The lowest BCUT2D eigenvalue weighted by atomic mass is 9.48. The second-order valence-corrected chi connectivity index (χ2v) is 7.83. The zero-order chi connectivity index (χ0) is 15.4. The molecule has 0 amide bonds. The molecule has 3 rings (SSSR count). The summed E-state index contributed by atoms with van der Waals surface area (Å²) in [6.45, 7) is 8.46. The molecular weight excluding hydrogens is 260 g/mol. The first kappa shape index (κ1) is 14.7. The molecule has 2 heteroatoms. The highest BCUT2D eigenvalue weighted by Gasteiger charge is 2.53. The molecule has 0 radical (unpaired) electrons. The number of fused-ring (bicyclic) bond motifs is 3. The van der Waals surface area contributed by atoms with Crippen LogP contribution in [0.5, 0.6) is 0 Å². The number of rotatable bonds is 1. The van der Waals surface area contributed by atoms with E-state index in [4.69, 9.17) is 0 Å². The van der Waals surface area contributed by atoms with Crippen LogP contribution < -0.4 is 0 Å². The van der Waals surface area contributed by atoms with Crippen LogP contribution in [0, 0.1) is 28.6 Å². The standard InChI is InChI=1S/C19H26O2/c1-12-16-6-5-14-11-15(21)7-9-19(14,4)17(16)8-10-18(12,3)13(2)20/h5-6,11-12,16-17H,7-10H2,1-4H3/t12?,16?,17?,18-,19-/m0/s1. The van der Waals surface area contributed by atoms with E-state index in [0.29, 0.717) is 30.0 Å². The van der Waals surface area contributed by atoms with Crippen LogP contribution >= 0.6 is 0 Å². The molecule has 3 unspecified atom stereocenters. The molecule has 2 nitrogen and oxygen atoms in total. The van der Waals surface area contributed by atoms with Crippen LogP contribution in [0.25, 0.3) is 0 Å². The van der Waals surface area contributed by atoms with Gasteiger partial charge in [-0.1, -0.05) is 32.9 Å². The number of Topliss-reactive ketones (excluding diaryl/α,β-unsaturated/α-hetero) is 1. The average Bonchev–Trinajstić information content (AvgIpc) is 2.43. The third-order valence-corrected chi connectivity index (χ3v) is 7.01. The third kappa shape index (κ3) is 1.98. The fraction of sp³-hybridized carbons (Fsp3) is 0.684. The summed E-state index contributed by atoms with van der Waals surface area (Å²) in [4.78, 5) is 23.9. The normalized spacial score (nSPS) is 45.6. The van der Waals surface area contributed by atoms with Crippen molar-refractivity contribution in [2.24, 2.45) is 28.6 Å². The maximum absolute atomic E-state index is 12.1. The van der Waals surface area contributed by atoms with Crippen molar-refractivity contribution in [3.63, 3.8) is 0 Å². The first-order valence-corrected chi connectivity index (χ1v) is 8.23. The molecule has 0 N–H and O–H groups in total. The summed E-state index contributed by atoms with van der Waals surface area (Å²) in [5, 5.41) is 0. The van der Waals surface area contributed by atoms with Gasteiger partial charge in [-0.3, -0.25) is 9.59 Å². The molecule has 3 aliphatic rings. The number of hydrogen-bond acceptors (Lipinski definition) is 2. The zero-order valence-electron chi connectivity index (χ0n) is 13.6. The van der Waals surface area contributed by atoms with Gasteiger partial charge in [0.25, 0.3) is 0 Å². The smallest absolute Gasteiger partial charge is 0.156 e. The minimum Gasteiger partial charge on any atom is -0.299 e. The van der Waals surface area contributed by atoms with Crippen molar-refractivity contribution >= 4 is 11.6 Å². The van der Waals surface area contributed by atoms with E-state index in [1.54, 1.807) is 6.92 Å². The van der Waals surface area contributed by atoms with Gasteiger partial charge in [0.05, 0.1) is 0 Å². The van der Waals surface area contributed by atoms with Crippen molar-refractivity contribution < 1.29 is 9.59 Å². The first-order valence-electron chi connectivity index (χ1n) is 8.23. The van der Waals surface area contributed by atoms with Crippen molar-refractivity contribution in [3.8, 4) is 0 Å². The van der Waals surface area contributed by atoms with Crippen molar-refractivity contribution in [2.45, 2.75) is 53.4 Å². The highest BCUT2D eigenvalue weighted by molar-refractivity contribution is 5.92. The summed E-state index contributed by atoms with van der Waals surface area (Å²) in [6.07, 6.45) is 10.0. The monoisotopic (exact) mass is 286 g/mol.